The van der Waals surface area contributed by atoms with E-state index in [1.54, 1.807) is 0 Å². The number of aromatic nitrogens is 1. The van der Waals surface area contributed by atoms with Gasteiger partial charge in [-0.25, -0.2) is 4.98 Å². The van der Waals surface area contributed by atoms with Crippen LogP contribution < -0.4 is 15.6 Å². The first-order chi connectivity index (χ1) is 7.27. The minimum atomic E-state index is 0.934. The predicted molar refractivity (Wildman–Crippen MR) is 61.9 cm³/mol. The van der Waals surface area contributed by atoms with Crippen LogP contribution in [0.3, 0.4) is 0 Å². The zero-order valence-corrected chi connectivity index (χ0v) is 8.75. The summed E-state index contributed by atoms with van der Waals surface area (Å²) in [6.45, 7) is 1.05. The van der Waals surface area contributed by atoms with Crippen molar-refractivity contribution in [3.05, 3.63) is 29.8 Å². The molecule has 1 aliphatic rings. The fourth-order valence-electron chi connectivity index (χ4n) is 2.29. The van der Waals surface area contributed by atoms with Crippen LogP contribution in [0.2, 0.25) is 0 Å². The summed E-state index contributed by atoms with van der Waals surface area (Å²) in [5.74, 6) is 1.17. The largest absolute Gasteiger partial charge is 0.398 e. The maximum absolute atomic E-state index is 6.19. The van der Waals surface area contributed by atoms with Crippen molar-refractivity contribution in [2.24, 2.45) is 0 Å². The molecule has 0 unspecified atom stereocenters. The molecular formula is C12H14N3+. The molecule has 3 heteroatoms. The smallest absolute Gasteiger partial charge is 0.280 e. The van der Waals surface area contributed by atoms with Gasteiger partial charge < -0.3 is 5.73 Å². The van der Waals surface area contributed by atoms with E-state index < -0.39 is 0 Å². The van der Waals surface area contributed by atoms with E-state index in [-0.39, 0.29) is 0 Å². The molecule has 15 heavy (non-hydrogen) atoms. The third-order valence-electron chi connectivity index (χ3n) is 3.16. The highest BCUT2D eigenvalue weighted by atomic mass is 15.2. The van der Waals surface area contributed by atoms with Crippen molar-refractivity contribution in [1.82, 2.24) is 0 Å². The van der Waals surface area contributed by atoms with Gasteiger partial charge in [0.2, 0.25) is 0 Å². The minimum absolute atomic E-state index is 0.934. The molecule has 3 nitrogen and oxygen atoms in total. The second-order valence-electron chi connectivity index (χ2n) is 4.08. The second kappa shape index (κ2) is 2.86. The van der Waals surface area contributed by atoms with E-state index in [1.807, 2.05) is 12.1 Å². The minimum Gasteiger partial charge on any atom is -0.398 e. The average molecular weight is 200 g/mol. The van der Waals surface area contributed by atoms with Gasteiger partial charge in [-0.05, 0) is 12.1 Å². The molecule has 3 rings (SSSR count). The van der Waals surface area contributed by atoms with Crippen molar-refractivity contribution >= 4 is 22.4 Å². The monoisotopic (exact) mass is 200 g/mol. The van der Waals surface area contributed by atoms with E-state index in [2.05, 4.69) is 29.1 Å². The highest BCUT2D eigenvalue weighted by molar-refractivity contribution is 5.91. The van der Waals surface area contributed by atoms with E-state index in [0.29, 0.717) is 0 Å². The van der Waals surface area contributed by atoms with Gasteiger partial charge in [-0.2, -0.15) is 0 Å². The maximum atomic E-state index is 6.19. The van der Waals surface area contributed by atoms with Crippen LogP contribution >= 0.6 is 0 Å². The molecule has 2 heterocycles. The van der Waals surface area contributed by atoms with Crippen molar-refractivity contribution in [3.63, 3.8) is 0 Å². The molecule has 0 saturated carbocycles. The van der Waals surface area contributed by atoms with E-state index >= 15 is 0 Å². The molecule has 2 aromatic rings. The van der Waals surface area contributed by atoms with E-state index in [4.69, 9.17) is 5.73 Å². The van der Waals surface area contributed by atoms with Crippen LogP contribution in [0.25, 0.3) is 10.9 Å². The molecule has 3 N–H and O–H groups in total. The zero-order chi connectivity index (χ0) is 10.4. The van der Waals surface area contributed by atoms with Crippen LogP contribution in [0, 0.1) is 0 Å². The Morgan fingerprint density at radius 2 is 2.13 bits per heavy atom. The molecule has 1 aromatic heterocycles. The molecule has 0 saturated heterocycles. The second-order valence-corrected chi connectivity index (χ2v) is 4.08. The van der Waals surface area contributed by atoms with Gasteiger partial charge in [0.1, 0.15) is 5.52 Å². The Hall–Kier alpha value is -1.77. The number of fused-ring (bicyclic) bond motifs is 2. The van der Waals surface area contributed by atoms with E-state index in [0.717, 1.165) is 29.6 Å². The highest BCUT2D eigenvalue weighted by Crippen LogP contribution is 2.31. The number of hydrogen-bond donors (Lipinski definition) is 1. The molecule has 0 atom stereocenters. The molecule has 0 amide bonds. The first kappa shape index (κ1) is 8.53. The summed E-state index contributed by atoms with van der Waals surface area (Å²) in [6.07, 6.45) is 1.04. The number of para-hydroxylation sites is 1. The first-order valence-electron chi connectivity index (χ1n) is 5.21. The van der Waals surface area contributed by atoms with Gasteiger partial charge in [0.25, 0.3) is 5.82 Å². The van der Waals surface area contributed by atoms with Crippen LogP contribution in [-0.4, -0.2) is 13.6 Å². The van der Waals surface area contributed by atoms with Gasteiger partial charge in [-0.1, -0.05) is 12.1 Å². The number of pyridine rings is 1. The SMILES string of the molecule is CN1CCc2c1[nH+]c1ccccc1c2N. The summed E-state index contributed by atoms with van der Waals surface area (Å²) < 4.78 is 0. The highest BCUT2D eigenvalue weighted by Gasteiger charge is 2.27. The summed E-state index contributed by atoms with van der Waals surface area (Å²) in [6, 6.07) is 8.19. The number of benzene rings is 1. The number of nitrogens with zero attached hydrogens (tertiary/aromatic N) is 1. The lowest BCUT2D eigenvalue weighted by Gasteiger charge is -2.06. The molecule has 0 spiro atoms. The quantitative estimate of drug-likeness (QED) is 0.695. The first-order valence-corrected chi connectivity index (χ1v) is 5.21. The number of likely N-dealkylation sites (N-methyl/N-ethyl adjacent to an activating group) is 1. The van der Waals surface area contributed by atoms with Gasteiger partial charge in [0.15, 0.2) is 0 Å². The van der Waals surface area contributed by atoms with E-state index in [1.165, 1.54) is 11.4 Å². The van der Waals surface area contributed by atoms with Gasteiger partial charge in [0.05, 0.1) is 24.8 Å². The van der Waals surface area contributed by atoms with Crippen molar-refractivity contribution < 1.29 is 4.98 Å². The third-order valence-corrected chi connectivity index (χ3v) is 3.16. The van der Waals surface area contributed by atoms with Gasteiger partial charge in [-0.15, -0.1) is 0 Å². The number of nitrogens with two attached hydrogens (primary N) is 1. The number of H-pyrrole nitrogens is 1. The Kier molecular flexibility index (Phi) is 1.63. The number of nitrogens with one attached hydrogen (secondary N) is 1. The molecular weight excluding hydrogens is 186 g/mol. The van der Waals surface area contributed by atoms with E-state index in [9.17, 15) is 0 Å². The molecule has 1 aliphatic heterocycles. The number of rotatable bonds is 0. The van der Waals surface area contributed by atoms with Gasteiger partial charge >= 0.3 is 0 Å². The van der Waals surface area contributed by atoms with Crippen molar-refractivity contribution in [1.29, 1.82) is 0 Å². The summed E-state index contributed by atoms with van der Waals surface area (Å²) >= 11 is 0. The summed E-state index contributed by atoms with van der Waals surface area (Å²) in [7, 11) is 2.09. The lowest BCUT2D eigenvalue weighted by molar-refractivity contribution is -0.329. The topological polar surface area (TPSA) is 43.4 Å². The van der Waals surface area contributed by atoms with Crippen LogP contribution in [0.1, 0.15) is 5.56 Å². The van der Waals surface area contributed by atoms with Crippen molar-refractivity contribution in [3.8, 4) is 0 Å². The average Bonchev–Trinajstić information content (AvgIpc) is 2.62. The van der Waals surface area contributed by atoms with Crippen LogP contribution in [0.4, 0.5) is 11.5 Å². The Morgan fingerprint density at radius 1 is 1.33 bits per heavy atom. The normalized spacial score (nSPS) is 14.6. The molecule has 0 fully saturated rings. The fraction of sp³-hybridized carbons (Fsp3) is 0.250. The lowest BCUT2D eigenvalue weighted by Crippen LogP contribution is -2.21. The van der Waals surface area contributed by atoms with Crippen molar-refractivity contribution in [2.45, 2.75) is 6.42 Å². The molecule has 0 aliphatic carbocycles. The van der Waals surface area contributed by atoms with Crippen LogP contribution in [0.15, 0.2) is 24.3 Å². The molecule has 0 radical (unpaired) electrons. The zero-order valence-electron chi connectivity index (χ0n) is 8.75. The van der Waals surface area contributed by atoms with Crippen LogP contribution in [0.5, 0.6) is 0 Å². The summed E-state index contributed by atoms with van der Waals surface area (Å²) in [5, 5.41) is 1.13. The third kappa shape index (κ3) is 1.09. The van der Waals surface area contributed by atoms with Gasteiger partial charge in [-0.3, -0.25) is 4.90 Å². The fourth-order valence-corrected chi connectivity index (χ4v) is 2.29. The Morgan fingerprint density at radius 3 is 3.00 bits per heavy atom. The Balaban J connectivity index is 2.41. The standard InChI is InChI=1S/C12H13N3/c1-15-7-6-9-11(13)8-4-2-3-5-10(8)14-12(9)15/h2-5H,6-7H2,1H3,(H2,13,14)/p+1. The maximum Gasteiger partial charge on any atom is 0.280 e. The Labute approximate surface area is 88.5 Å². The number of nitrogen functional groups attached to an aromatic ring is 1. The lowest BCUT2D eigenvalue weighted by atomic mass is 10.1. The molecule has 76 valence electrons. The van der Waals surface area contributed by atoms with Crippen LogP contribution in [-0.2, 0) is 6.42 Å². The number of hydrogen-bond acceptors (Lipinski definition) is 2. The molecule has 1 aromatic carbocycles. The van der Waals surface area contributed by atoms with Gasteiger partial charge in [0, 0.05) is 11.8 Å². The Bertz CT molecular complexity index is 534. The summed E-state index contributed by atoms with van der Waals surface area (Å²) in [5.41, 5.74) is 9.49. The van der Waals surface area contributed by atoms with Crippen molar-refractivity contribution in [2.75, 3.05) is 24.2 Å². The molecule has 0 bridgehead atoms. The summed E-state index contributed by atoms with van der Waals surface area (Å²) in [4.78, 5) is 5.66. The number of anilines is 2. The predicted octanol–water partition coefficient (Wildman–Crippen LogP) is 1.23. The number of aromatic amines is 1.